The van der Waals surface area contributed by atoms with E-state index in [1.54, 1.807) is 14.0 Å². The van der Waals surface area contributed by atoms with Crippen LogP contribution in [0.5, 0.6) is 5.75 Å². The van der Waals surface area contributed by atoms with Crippen LogP contribution in [0.15, 0.2) is 28.8 Å². The van der Waals surface area contributed by atoms with Crippen LogP contribution in [0, 0.1) is 6.92 Å². The topological polar surface area (TPSA) is 80.5 Å². The van der Waals surface area contributed by atoms with Crippen molar-refractivity contribution in [1.29, 1.82) is 0 Å². The fourth-order valence-corrected chi connectivity index (χ4v) is 3.37. The van der Waals surface area contributed by atoms with Gasteiger partial charge in [-0.2, -0.15) is 4.98 Å². The van der Waals surface area contributed by atoms with E-state index in [1.165, 1.54) is 19.3 Å². The fourth-order valence-electron chi connectivity index (χ4n) is 3.37. The summed E-state index contributed by atoms with van der Waals surface area (Å²) in [6, 6.07) is 8.20. The highest BCUT2D eigenvalue weighted by molar-refractivity contribution is 5.77. The smallest absolute Gasteiger partial charge is 0.227 e. The van der Waals surface area contributed by atoms with Gasteiger partial charge >= 0.3 is 0 Å². The minimum absolute atomic E-state index is 0.101. The maximum absolute atomic E-state index is 12.3. The molecule has 2 heterocycles. The number of piperidine rings is 1. The van der Waals surface area contributed by atoms with E-state index in [4.69, 9.17) is 9.26 Å². The monoisotopic (exact) mass is 358 g/mol. The van der Waals surface area contributed by atoms with E-state index in [9.17, 15) is 4.79 Å². The average molecular weight is 358 g/mol. The van der Waals surface area contributed by atoms with E-state index in [0.717, 1.165) is 24.4 Å². The number of methoxy groups -OCH3 is 1. The van der Waals surface area contributed by atoms with Crippen molar-refractivity contribution in [2.75, 3.05) is 26.7 Å². The maximum Gasteiger partial charge on any atom is 0.227 e. The molecule has 2 aromatic rings. The predicted molar refractivity (Wildman–Crippen MR) is 96.9 cm³/mol. The van der Waals surface area contributed by atoms with E-state index in [0.29, 0.717) is 18.3 Å². The van der Waals surface area contributed by atoms with Gasteiger partial charge in [-0.25, -0.2) is 0 Å². The van der Waals surface area contributed by atoms with Gasteiger partial charge in [0, 0.05) is 13.5 Å². The molecule has 1 amide bonds. The number of hydrogen-bond donors (Lipinski definition) is 1. The van der Waals surface area contributed by atoms with Gasteiger partial charge in [-0.05, 0) is 43.6 Å². The maximum atomic E-state index is 12.3. The lowest BCUT2D eigenvalue weighted by atomic mass is 10.0. The zero-order valence-corrected chi connectivity index (χ0v) is 15.4. The summed E-state index contributed by atoms with van der Waals surface area (Å²) in [7, 11) is 1.67. The van der Waals surface area contributed by atoms with Gasteiger partial charge in [0.05, 0.1) is 19.6 Å². The Balaban J connectivity index is 1.67. The van der Waals surface area contributed by atoms with E-state index < -0.39 is 0 Å². The SMILES string of the molecule is COc1cccc(C(CNC(=O)Cc2noc(C)n2)N2CCCCC2)c1. The number of nitrogens with zero attached hydrogens (tertiary/aromatic N) is 3. The number of aryl methyl sites for hydroxylation is 1. The zero-order valence-electron chi connectivity index (χ0n) is 15.4. The second-order valence-electron chi connectivity index (χ2n) is 6.60. The minimum atomic E-state index is -0.101. The molecule has 3 rings (SSSR count). The molecule has 7 nitrogen and oxygen atoms in total. The summed E-state index contributed by atoms with van der Waals surface area (Å²) in [4.78, 5) is 18.8. The molecule has 7 heteroatoms. The molecule has 1 unspecified atom stereocenters. The Morgan fingerprint density at radius 3 is 2.85 bits per heavy atom. The molecule has 1 aliphatic rings. The van der Waals surface area contributed by atoms with Gasteiger partial charge in [0.25, 0.3) is 0 Å². The summed E-state index contributed by atoms with van der Waals surface area (Å²) >= 11 is 0. The Morgan fingerprint density at radius 2 is 2.15 bits per heavy atom. The van der Waals surface area contributed by atoms with Crippen LogP contribution in [0.4, 0.5) is 0 Å². The number of carbonyl (C=O) groups is 1. The highest BCUT2D eigenvalue weighted by atomic mass is 16.5. The Morgan fingerprint density at radius 1 is 1.35 bits per heavy atom. The number of amides is 1. The second-order valence-corrected chi connectivity index (χ2v) is 6.60. The van der Waals surface area contributed by atoms with Gasteiger partial charge < -0.3 is 14.6 Å². The largest absolute Gasteiger partial charge is 0.497 e. The number of ether oxygens (including phenoxy) is 1. The van der Waals surface area contributed by atoms with Gasteiger partial charge in [0.15, 0.2) is 5.82 Å². The Labute approximate surface area is 153 Å². The molecule has 1 atom stereocenters. The van der Waals surface area contributed by atoms with Crippen LogP contribution in [0.1, 0.15) is 42.6 Å². The third-order valence-corrected chi connectivity index (χ3v) is 4.69. The first-order valence-corrected chi connectivity index (χ1v) is 9.09. The van der Waals surface area contributed by atoms with Crippen LogP contribution in [0.3, 0.4) is 0 Å². The minimum Gasteiger partial charge on any atom is -0.497 e. The van der Waals surface area contributed by atoms with Crippen molar-refractivity contribution in [3.63, 3.8) is 0 Å². The lowest BCUT2D eigenvalue weighted by molar-refractivity contribution is -0.120. The van der Waals surface area contributed by atoms with Crippen LogP contribution in [0.2, 0.25) is 0 Å². The van der Waals surface area contributed by atoms with Crippen LogP contribution in [-0.4, -0.2) is 47.7 Å². The molecule has 1 N–H and O–H groups in total. The highest BCUT2D eigenvalue weighted by Gasteiger charge is 2.23. The summed E-state index contributed by atoms with van der Waals surface area (Å²) in [6.45, 7) is 4.34. The molecule has 1 aromatic carbocycles. The Kier molecular flexibility index (Phi) is 6.22. The molecule has 0 bridgehead atoms. The molecule has 1 fully saturated rings. The molecular weight excluding hydrogens is 332 g/mol. The summed E-state index contributed by atoms with van der Waals surface area (Å²) in [5, 5.41) is 6.81. The third-order valence-electron chi connectivity index (χ3n) is 4.69. The molecule has 0 radical (unpaired) electrons. The molecule has 26 heavy (non-hydrogen) atoms. The zero-order chi connectivity index (χ0) is 18.4. The second kappa shape index (κ2) is 8.80. The first-order chi connectivity index (χ1) is 12.7. The normalized spacial score (nSPS) is 16.2. The van der Waals surface area contributed by atoms with Crippen LogP contribution < -0.4 is 10.1 Å². The van der Waals surface area contributed by atoms with Gasteiger partial charge in [-0.3, -0.25) is 9.69 Å². The van der Waals surface area contributed by atoms with E-state index in [2.05, 4.69) is 26.4 Å². The molecule has 1 aromatic heterocycles. The summed E-state index contributed by atoms with van der Waals surface area (Å²) in [5.41, 5.74) is 1.15. The summed E-state index contributed by atoms with van der Waals surface area (Å²) in [6.07, 6.45) is 3.78. The average Bonchev–Trinajstić information content (AvgIpc) is 3.07. The van der Waals surface area contributed by atoms with Crippen molar-refractivity contribution in [3.05, 3.63) is 41.5 Å². The van der Waals surface area contributed by atoms with E-state index in [-0.39, 0.29) is 18.4 Å². The van der Waals surface area contributed by atoms with E-state index in [1.807, 2.05) is 18.2 Å². The number of likely N-dealkylation sites (tertiary alicyclic amines) is 1. The Hall–Kier alpha value is -2.41. The molecule has 140 valence electrons. The molecule has 0 aliphatic carbocycles. The molecular formula is C19H26N4O3. The van der Waals surface area contributed by atoms with Crippen molar-refractivity contribution < 1.29 is 14.1 Å². The first kappa shape index (κ1) is 18.4. The van der Waals surface area contributed by atoms with Gasteiger partial charge in [-0.15, -0.1) is 0 Å². The van der Waals surface area contributed by atoms with Crippen molar-refractivity contribution in [2.45, 2.75) is 38.6 Å². The number of carbonyl (C=O) groups excluding carboxylic acids is 1. The quantitative estimate of drug-likeness (QED) is 0.818. The van der Waals surface area contributed by atoms with Crippen LogP contribution >= 0.6 is 0 Å². The number of nitrogens with one attached hydrogen (secondary N) is 1. The van der Waals surface area contributed by atoms with Crippen LogP contribution in [-0.2, 0) is 11.2 Å². The first-order valence-electron chi connectivity index (χ1n) is 9.09. The number of aromatic nitrogens is 2. The predicted octanol–water partition coefficient (Wildman–Crippen LogP) is 2.27. The van der Waals surface area contributed by atoms with Crippen molar-refractivity contribution >= 4 is 5.91 Å². The standard InChI is InChI=1S/C19H26N4O3/c1-14-21-18(22-26-14)12-19(24)20-13-17(23-9-4-3-5-10-23)15-7-6-8-16(11-15)25-2/h6-8,11,17H,3-5,9-10,12-13H2,1-2H3,(H,20,24). The summed E-state index contributed by atoms with van der Waals surface area (Å²) in [5.74, 6) is 1.61. The highest BCUT2D eigenvalue weighted by Crippen LogP contribution is 2.26. The van der Waals surface area contributed by atoms with E-state index >= 15 is 0 Å². The van der Waals surface area contributed by atoms with Crippen molar-refractivity contribution in [1.82, 2.24) is 20.4 Å². The lowest BCUT2D eigenvalue weighted by Gasteiger charge is -2.35. The van der Waals surface area contributed by atoms with Crippen molar-refractivity contribution in [2.24, 2.45) is 0 Å². The lowest BCUT2D eigenvalue weighted by Crippen LogP contribution is -2.41. The molecule has 0 spiro atoms. The summed E-state index contributed by atoms with van der Waals surface area (Å²) < 4.78 is 10.3. The third kappa shape index (κ3) is 4.82. The number of hydrogen-bond acceptors (Lipinski definition) is 6. The molecule has 1 saturated heterocycles. The Bertz CT molecular complexity index is 725. The van der Waals surface area contributed by atoms with Crippen LogP contribution in [0.25, 0.3) is 0 Å². The van der Waals surface area contributed by atoms with Crippen molar-refractivity contribution in [3.8, 4) is 5.75 Å². The van der Waals surface area contributed by atoms with Gasteiger partial charge in [-0.1, -0.05) is 23.7 Å². The molecule has 1 aliphatic heterocycles. The van der Waals surface area contributed by atoms with Gasteiger partial charge in [0.1, 0.15) is 5.75 Å². The number of benzene rings is 1. The van der Waals surface area contributed by atoms with Gasteiger partial charge in [0.2, 0.25) is 11.8 Å². The fraction of sp³-hybridized carbons (Fsp3) is 0.526. The molecule has 0 saturated carbocycles. The number of rotatable bonds is 7.